The topological polar surface area (TPSA) is 113 Å². The number of pyridine rings is 1. The second-order valence-electron chi connectivity index (χ2n) is 8.15. The SMILES string of the molecule is COc1cc(-c2cc(C(=O)Nc3cccc(-c4nnnn4C)c3)c3ccccc3n2)cc(OC)c1OC. The van der Waals surface area contributed by atoms with Gasteiger partial charge in [0.05, 0.1) is 38.1 Å². The number of fused-ring (bicyclic) bond motifs is 1. The summed E-state index contributed by atoms with van der Waals surface area (Å²) < 4.78 is 18.0. The van der Waals surface area contributed by atoms with Crippen molar-refractivity contribution in [2.75, 3.05) is 26.6 Å². The minimum atomic E-state index is -0.277. The number of nitrogens with one attached hydrogen (secondary N) is 1. The van der Waals surface area contributed by atoms with E-state index in [1.807, 2.05) is 48.5 Å². The lowest BCUT2D eigenvalue weighted by atomic mass is 10.0. The number of para-hydroxylation sites is 1. The van der Waals surface area contributed by atoms with Crippen LogP contribution in [0.1, 0.15) is 10.4 Å². The Morgan fingerprint density at radius 2 is 1.62 bits per heavy atom. The minimum Gasteiger partial charge on any atom is -0.493 e. The Kier molecular flexibility index (Phi) is 6.38. The summed E-state index contributed by atoms with van der Waals surface area (Å²) >= 11 is 0. The molecule has 0 fully saturated rings. The van der Waals surface area contributed by atoms with Crippen LogP contribution in [0, 0.1) is 0 Å². The molecule has 0 saturated carbocycles. The summed E-state index contributed by atoms with van der Waals surface area (Å²) in [6.45, 7) is 0. The summed E-state index contributed by atoms with van der Waals surface area (Å²) in [5.74, 6) is 1.78. The van der Waals surface area contributed by atoms with Crippen LogP contribution in [0.3, 0.4) is 0 Å². The number of amides is 1. The molecule has 2 aromatic heterocycles. The molecule has 0 aliphatic heterocycles. The lowest BCUT2D eigenvalue weighted by Crippen LogP contribution is -2.13. The fourth-order valence-corrected chi connectivity index (χ4v) is 4.15. The first-order valence-electron chi connectivity index (χ1n) is 11.4. The van der Waals surface area contributed by atoms with Crippen LogP contribution in [0.4, 0.5) is 5.69 Å². The zero-order valence-electron chi connectivity index (χ0n) is 20.7. The molecule has 3 aromatic carbocycles. The van der Waals surface area contributed by atoms with Gasteiger partial charge in [-0.2, -0.15) is 0 Å². The maximum atomic E-state index is 13.6. The number of carbonyl (C=O) groups is 1. The van der Waals surface area contributed by atoms with Crippen LogP contribution < -0.4 is 19.5 Å². The number of tetrazole rings is 1. The monoisotopic (exact) mass is 496 g/mol. The number of aromatic nitrogens is 5. The van der Waals surface area contributed by atoms with Crippen LogP contribution >= 0.6 is 0 Å². The van der Waals surface area contributed by atoms with Crippen molar-refractivity contribution in [3.05, 3.63) is 72.3 Å². The van der Waals surface area contributed by atoms with Crippen molar-refractivity contribution < 1.29 is 19.0 Å². The molecule has 5 aromatic rings. The van der Waals surface area contributed by atoms with E-state index in [-0.39, 0.29) is 5.91 Å². The number of hydrogen-bond acceptors (Lipinski definition) is 8. The molecule has 0 saturated heterocycles. The summed E-state index contributed by atoms with van der Waals surface area (Å²) in [4.78, 5) is 18.4. The van der Waals surface area contributed by atoms with Crippen molar-refractivity contribution in [2.24, 2.45) is 7.05 Å². The Balaban J connectivity index is 1.57. The number of nitrogens with zero attached hydrogens (tertiary/aromatic N) is 5. The summed E-state index contributed by atoms with van der Waals surface area (Å²) in [5, 5.41) is 15.3. The molecule has 186 valence electrons. The van der Waals surface area contributed by atoms with Gasteiger partial charge in [-0.15, -0.1) is 5.10 Å². The van der Waals surface area contributed by atoms with Gasteiger partial charge >= 0.3 is 0 Å². The first kappa shape index (κ1) is 23.7. The molecule has 2 heterocycles. The third-order valence-corrected chi connectivity index (χ3v) is 5.92. The van der Waals surface area contributed by atoms with E-state index < -0.39 is 0 Å². The number of rotatable bonds is 7. The third-order valence-electron chi connectivity index (χ3n) is 5.92. The summed E-state index contributed by atoms with van der Waals surface area (Å²) in [7, 11) is 6.42. The van der Waals surface area contributed by atoms with Gasteiger partial charge in [0, 0.05) is 29.2 Å². The smallest absolute Gasteiger partial charge is 0.256 e. The number of ether oxygens (including phenoxy) is 3. The zero-order valence-corrected chi connectivity index (χ0v) is 20.7. The van der Waals surface area contributed by atoms with Crippen LogP contribution in [-0.2, 0) is 7.05 Å². The summed E-state index contributed by atoms with van der Waals surface area (Å²) in [6.07, 6.45) is 0. The number of benzene rings is 3. The van der Waals surface area contributed by atoms with Crippen LogP contribution in [0.25, 0.3) is 33.5 Å². The van der Waals surface area contributed by atoms with E-state index in [9.17, 15) is 4.79 Å². The van der Waals surface area contributed by atoms with Gasteiger partial charge in [-0.05, 0) is 46.8 Å². The predicted molar refractivity (Wildman–Crippen MR) is 139 cm³/mol. The van der Waals surface area contributed by atoms with Crippen molar-refractivity contribution in [2.45, 2.75) is 0 Å². The van der Waals surface area contributed by atoms with Gasteiger partial charge in [0.1, 0.15) is 0 Å². The van der Waals surface area contributed by atoms with Crippen LogP contribution in [-0.4, -0.2) is 52.4 Å². The molecule has 0 bridgehead atoms. The molecular weight excluding hydrogens is 472 g/mol. The minimum absolute atomic E-state index is 0.277. The van der Waals surface area contributed by atoms with E-state index in [1.165, 1.54) is 0 Å². The van der Waals surface area contributed by atoms with Crippen LogP contribution in [0.2, 0.25) is 0 Å². The summed E-state index contributed by atoms with van der Waals surface area (Å²) in [5.41, 5.74) is 3.84. The van der Waals surface area contributed by atoms with E-state index in [1.54, 1.807) is 51.3 Å². The Hall–Kier alpha value is -4.99. The number of carbonyl (C=O) groups excluding carboxylic acids is 1. The molecule has 10 heteroatoms. The molecule has 0 spiro atoms. The van der Waals surface area contributed by atoms with E-state index in [4.69, 9.17) is 19.2 Å². The van der Waals surface area contributed by atoms with Crippen molar-refractivity contribution in [3.63, 3.8) is 0 Å². The molecule has 0 radical (unpaired) electrons. The summed E-state index contributed by atoms with van der Waals surface area (Å²) in [6, 6.07) is 20.2. The first-order valence-corrected chi connectivity index (χ1v) is 11.4. The molecule has 5 rings (SSSR count). The Bertz CT molecular complexity index is 1590. The highest BCUT2D eigenvalue weighted by Crippen LogP contribution is 2.41. The maximum Gasteiger partial charge on any atom is 0.256 e. The lowest BCUT2D eigenvalue weighted by Gasteiger charge is -2.15. The van der Waals surface area contributed by atoms with Gasteiger partial charge in [-0.1, -0.05) is 30.3 Å². The maximum absolute atomic E-state index is 13.6. The van der Waals surface area contributed by atoms with Gasteiger partial charge in [0.2, 0.25) is 5.75 Å². The zero-order chi connectivity index (χ0) is 25.9. The normalized spacial score (nSPS) is 10.8. The second-order valence-corrected chi connectivity index (χ2v) is 8.15. The second kappa shape index (κ2) is 9.94. The molecule has 0 unspecified atom stereocenters. The standard InChI is InChI=1S/C27H24N6O4/c1-33-26(30-31-32-33)16-8-7-9-18(12-16)28-27(34)20-15-22(29-21-11-6-5-10-19(20)21)17-13-23(35-2)25(37-4)24(14-17)36-3/h5-15H,1-4H3,(H,28,34). The molecule has 10 nitrogen and oxygen atoms in total. The molecule has 0 aliphatic rings. The van der Waals surface area contributed by atoms with E-state index in [0.717, 1.165) is 10.9 Å². The average Bonchev–Trinajstić information content (AvgIpc) is 3.37. The predicted octanol–water partition coefficient (Wildman–Crippen LogP) is 4.37. The van der Waals surface area contributed by atoms with E-state index in [2.05, 4.69) is 20.8 Å². The Morgan fingerprint density at radius 1 is 0.865 bits per heavy atom. The van der Waals surface area contributed by atoms with Crippen molar-refractivity contribution >= 4 is 22.5 Å². The highest BCUT2D eigenvalue weighted by atomic mass is 16.5. The largest absolute Gasteiger partial charge is 0.493 e. The average molecular weight is 497 g/mol. The molecule has 0 aliphatic carbocycles. The number of hydrogen-bond donors (Lipinski definition) is 1. The fourth-order valence-electron chi connectivity index (χ4n) is 4.15. The quantitative estimate of drug-likeness (QED) is 0.353. The van der Waals surface area contributed by atoms with E-state index >= 15 is 0 Å². The Morgan fingerprint density at radius 3 is 2.30 bits per heavy atom. The van der Waals surface area contributed by atoms with Crippen LogP contribution in [0.5, 0.6) is 17.2 Å². The molecule has 0 atom stereocenters. The number of aryl methyl sites for hydroxylation is 1. The molecule has 37 heavy (non-hydrogen) atoms. The van der Waals surface area contributed by atoms with E-state index in [0.29, 0.717) is 51.1 Å². The van der Waals surface area contributed by atoms with Crippen molar-refractivity contribution in [1.29, 1.82) is 0 Å². The van der Waals surface area contributed by atoms with Gasteiger partial charge in [-0.25, -0.2) is 9.67 Å². The molecular formula is C27H24N6O4. The van der Waals surface area contributed by atoms with Crippen molar-refractivity contribution in [3.8, 4) is 39.9 Å². The van der Waals surface area contributed by atoms with Gasteiger partial charge in [-0.3, -0.25) is 4.79 Å². The molecule has 1 N–H and O–H groups in total. The number of methoxy groups -OCH3 is 3. The van der Waals surface area contributed by atoms with Gasteiger partial charge in [0.15, 0.2) is 17.3 Å². The first-order chi connectivity index (χ1) is 18.0. The third kappa shape index (κ3) is 4.52. The highest BCUT2D eigenvalue weighted by Gasteiger charge is 2.19. The Labute approximate surface area is 212 Å². The highest BCUT2D eigenvalue weighted by molar-refractivity contribution is 6.13. The fraction of sp³-hybridized carbons (Fsp3) is 0.148. The molecule has 1 amide bonds. The van der Waals surface area contributed by atoms with Gasteiger partial charge in [0.25, 0.3) is 5.91 Å². The van der Waals surface area contributed by atoms with Gasteiger partial charge < -0.3 is 19.5 Å². The van der Waals surface area contributed by atoms with Crippen molar-refractivity contribution in [1.82, 2.24) is 25.2 Å². The number of anilines is 1. The lowest BCUT2D eigenvalue weighted by molar-refractivity contribution is 0.102. The van der Waals surface area contributed by atoms with Crippen LogP contribution in [0.15, 0.2) is 66.7 Å².